The summed E-state index contributed by atoms with van der Waals surface area (Å²) in [4.78, 5) is 28.1. The van der Waals surface area contributed by atoms with Gasteiger partial charge in [-0.15, -0.1) is 0 Å². The van der Waals surface area contributed by atoms with Crippen LogP contribution in [0.4, 0.5) is 9.52 Å². The third-order valence-corrected chi connectivity index (χ3v) is 5.33. The molecule has 1 aromatic carbocycles. The van der Waals surface area contributed by atoms with Crippen molar-refractivity contribution in [3.05, 3.63) is 35.0 Å². The Balaban J connectivity index is 1.77. The predicted octanol–water partition coefficient (Wildman–Crippen LogP) is 3.65. The van der Waals surface area contributed by atoms with Crippen molar-refractivity contribution in [2.24, 2.45) is 11.8 Å². The normalized spacial score (nSPS) is 19.5. The Morgan fingerprint density at radius 3 is 2.81 bits per heavy atom. The molecule has 2 atom stereocenters. The van der Waals surface area contributed by atoms with Crippen LogP contribution in [0.15, 0.2) is 24.3 Å². The van der Waals surface area contributed by atoms with Crippen molar-refractivity contribution in [2.45, 2.75) is 25.7 Å². The summed E-state index contributed by atoms with van der Waals surface area (Å²) in [5, 5.41) is 21.4. The predicted molar refractivity (Wildman–Crippen MR) is 93.9 cm³/mol. The van der Waals surface area contributed by atoms with E-state index in [0.29, 0.717) is 36.9 Å². The molecule has 0 radical (unpaired) electrons. The summed E-state index contributed by atoms with van der Waals surface area (Å²) < 4.78 is 13.4. The van der Waals surface area contributed by atoms with E-state index in [1.165, 1.54) is 18.2 Å². The van der Waals surface area contributed by atoms with E-state index in [1.54, 1.807) is 6.07 Å². The third-order valence-electron chi connectivity index (χ3n) is 4.45. The number of carbonyl (C=O) groups excluding carboxylic acids is 1. The maximum Gasteiger partial charge on any atom is 0.306 e. The smallest absolute Gasteiger partial charge is 0.306 e. The van der Waals surface area contributed by atoms with Crippen LogP contribution in [-0.2, 0) is 9.59 Å². The second-order valence-electron chi connectivity index (χ2n) is 6.21. The first-order valence-corrected chi connectivity index (χ1v) is 9.00. The highest BCUT2D eigenvalue weighted by molar-refractivity contribution is 7.16. The topological polar surface area (TPSA) is 103 Å². The summed E-state index contributed by atoms with van der Waals surface area (Å²) in [6, 6.07) is 7.76. The van der Waals surface area contributed by atoms with E-state index < -0.39 is 23.6 Å². The van der Waals surface area contributed by atoms with Crippen molar-refractivity contribution in [3.8, 4) is 17.3 Å². The van der Waals surface area contributed by atoms with Crippen LogP contribution >= 0.6 is 11.3 Å². The molecule has 26 heavy (non-hydrogen) atoms. The second kappa shape index (κ2) is 7.62. The molecule has 134 valence electrons. The molecule has 0 unspecified atom stereocenters. The number of amides is 1. The number of nitrogens with zero attached hydrogens (tertiary/aromatic N) is 2. The van der Waals surface area contributed by atoms with Gasteiger partial charge < -0.3 is 10.4 Å². The molecule has 2 aromatic rings. The zero-order valence-corrected chi connectivity index (χ0v) is 14.6. The standard InChI is InChI=1S/C18H16FN3O3S/c19-13-6-2-3-10(8-13)15-14(9-20)26-18(21-15)22-16(23)11-4-1-5-12(7-11)17(24)25/h2-3,6,8,11-12H,1,4-5,7H2,(H,24,25)(H,21,22,23)/t11-,12+/m0/s1. The average molecular weight is 373 g/mol. The van der Waals surface area contributed by atoms with Crippen LogP contribution in [0.1, 0.15) is 30.6 Å². The summed E-state index contributed by atoms with van der Waals surface area (Å²) in [7, 11) is 0. The number of hydrogen-bond acceptors (Lipinski definition) is 5. The summed E-state index contributed by atoms with van der Waals surface area (Å²) in [6.07, 6.45) is 2.20. The number of nitriles is 1. The van der Waals surface area contributed by atoms with Gasteiger partial charge in [0.25, 0.3) is 0 Å². The summed E-state index contributed by atoms with van der Waals surface area (Å²) >= 11 is 1.02. The molecule has 2 N–H and O–H groups in total. The minimum absolute atomic E-state index is 0.253. The Hall–Kier alpha value is -2.79. The average Bonchev–Trinajstić information content (AvgIpc) is 3.04. The van der Waals surface area contributed by atoms with Gasteiger partial charge in [-0.2, -0.15) is 5.26 Å². The van der Waals surface area contributed by atoms with Crippen molar-refractivity contribution in [3.63, 3.8) is 0 Å². The molecule has 0 bridgehead atoms. The molecule has 1 fully saturated rings. The zero-order valence-electron chi connectivity index (χ0n) is 13.7. The Morgan fingerprint density at radius 2 is 2.12 bits per heavy atom. The fourth-order valence-electron chi connectivity index (χ4n) is 3.14. The van der Waals surface area contributed by atoms with Gasteiger partial charge in [0.1, 0.15) is 22.5 Å². The lowest BCUT2D eigenvalue weighted by Gasteiger charge is -2.25. The van der Waals surface area contributed by atoms with E-state index in [4.69, 9.17) is 5.11 Å². The van der Waals surface area contributed by atoms with Crippen molar-refractivity contribution in [2.75, 3.05) is 5.32 Å². The molecule has 1 aliphatic carbocycles. The number of thiazole rings is 1. The summed E-state index contributed by atoms with van der Waals surface area (Å²) in [5.74, 6) is -2.51. The Bertz CT molecular complexity index is 890. The number of aliphatic carboxylic acids is 1. The zero-order chi connectivity index (χ0) is 18.7. The van der Waals surface area contributed by atoms with E-state index >= 15 is 0 Å². The van der Waals surface area contributed by atoms with Crippen molar-refractivity contribution < 1.29 is 19.1 Å². The number of benzene rings is 1. The molecule has 0 spiro atoms. The number of anilines is 1. The minimum atomic E-state index is -0.878. The van der Waals surface area contributed by atoms with Crippen LogP contribution in [0.5, 0.6) is 0 Å². The molecule has 0 aliphatic heterocycles. The molecule has 3 rings (SSSR count). The number of nitrogens with one attached hydrogen (secondary N) is 1. The SMILES string of the molecule is N#Cc1sc(NC(=O)[C@H]2CCC[C@@H](C(=O)O)C2)nc1-c1cccc(F)c1. The summed E-state index contributed by atoms with van der Waals surface area (Å²) in [6.45, 7) is 0. The van der Waals surface area contributed by atoms with Crippen LogP contribution in [0.3, 0.4) is 0 Å². The van der Waals surface area contributed by atoms with E-state index in [1.807, 2.05) is 6.07 Å². The van der Waals surface area contributed by atoms with Gasteiger partial charge in [-0.05, 0) is 31.4 Å². The maximum atomic E-state index is 13.4. The minimum Gasteiger partial charge on any atom is -0.481 e. The van der Waals surface area contributed by atoms with Gasteiger partial charge in [0.15, 0.2) is 5.13 Å². The highest BCUT2D eigenvalue weighted by Crippen LogP contribution is 2.33. The number of hydrogen-bond donors (Lipinski definition) is 2. The Kier molecular flexibility index (Phi) is 5.28. The third kappa shape index (κ3) is 3.89. The summed E-state index contributed by atoms with van der Waals surface area (Å²) in [5.41, 5.74) is 0.779. The van der Waals surface area contributed by atoms with Crippen LogP contribution in [0, 0.1) is 29.0 Å². The van der Waals surface area contributed by atoms with E-state index in [9.17, 15) is 19.2 Å². The fraction of sp³-hybridized carbons (Fsp3) is 0.333. The first-order valence-electron chi connectivity index (χ1n) is 8.18. The van der Waals surface area contributed by atoms with Gasteiger partial charge in [0.05, 0.1) is 5.92 Å². The van der Waals surface area contributed by atoms with Gasteiger partial charge in [0, 0.05) is 11.5 Å². The van der Waals surface area contributed by atoms with Gasteiger partial charge >= 0.3 is 5.97 Å². The number of carboxylic acids is 1. The lowest BCUT2D eigenvalue weighted by molar-refractivity contribution is -0.143. The molecule has 1 saturated carbocycles. The van der Waals surface area contributed by atoms with Gasteiger partial charge in [-0.1, -0.05) is 29.9 Å². The van der Waals surface area contributed by atoms with Crippen molar-refractivity contribution in [1.82, 2.24) is 4.98 Å². The molecule has 1 aromatic heterocycles. The highest BCUT2D eigenvalue weighted by atomic mass is 32.1. The molecular weight excluding hydrogens is 357 g/mol. The molecule has 1 amide bonds. The van der Waals surface area contributed by atoms with Crippen LogP contribution in [0.2, 0.25) is 0 Å². The molecular formula is C18H16FN3O3S. The molecule has 8 heteroatoms. The lowest BCUT2D eigenvalue weighted by Crippen LogP contribution is -2.30. The number of aromatic nitrogens is 1. The number of carbonyl (C=O) groups is 2. The van der Waals surface area contributed by atoms with E-state index in [-0.39, 0.29) is 15.9 Å². The monoisotopic (exact) mass is 373 g/mol. The maximum absolute atomic E-state index is 13.4. The van der Waals surface area contributed by atoms with Crippen molar-refractivity contribution in [1.29, 1.82) is 5.26 Å². The van der Waals surface area contributed by atoms with E-state index in [2.05, 4.69) is 10.3 Å². The molecule has 1 aliphatic rings. The van der Waals surface area contributed by atoms with E-state index in [0.717, 1.165) is 11.3 Å². The molecule has 1 heterocycles. The van der Waals surface area contributed by atoms with Crippen LogP contribution < -0.4 is 5.32 Å². The van der Waals surface area contributed by atoms with Gasteiger partial charge in [-0.3, -0.25) is 9.59 Å². The quantitative estimate of drug-likeness (QED) is 0.851. The van der Waals surface area contributed by atoms with Crippen molar-refractivity contribution >= 4 is 28.3 Å². The van der Waals surface area contributed by atoms with Gasteiger partial charge in [0.2, 0.25) is 5.91 Å². The highest BCUT2D eigenvalue weighted by Gasteiger charge is 2.31. The second-order valence-corrected chi connectivity index (χ2v) is 7.21. The largest absolute Gasteiger partial charge is 0.481 e. The van der Waals surface area contributed by atoms with Crippen LogP contribution in [-0.4, -0.2) is 22.0 Å². The van der Waals surface area contributed by atoms with Gasteiger partial charge in [-0.25, -0.2) is 9.37 Å². The number of rotatable bonds is 4. The lowest BCUT2D eigenvalue weighted by atomic mass is 9.81. The molecule has 6 nitrogen and oxygen atoms in total. The van der Waals surface area contributed by atoms with Crippen LogP contribution in [0.25, 0.3) is 11.3 Å². The number of carboxylic acid groups (broad SMARTS) is 1. The Labute approximate surface area is 153 Å². The first-order chi connectivity index (χ1) is 12.5. The number of halogens is 1. The molecule has 0 saturated heterocycles. The fourth-order valence-corrected chi connectivity index (χ4v) is 3.93. The Morgan fingerprint density at radius 1 is 1.35 bits per heavy atom. The first kappa shape index (κ1) is 18.0.